The highest BCUT2D eigenvalue weighted by atomic mass is 79.9. The molecule has 1 aliphatic heterocycles. The first-order valence-electron chi connectivity index (χ1n) is 5.46. The predicted molar refractivity (Wildman–Crippen MR) is 71.0 cm³/mol. The average Bonchev–Trinajstić information content (AvgIpc) is 2.73. The molecular weight excluding hydrogens is 300 g/mol. The second-order valence-corrected chi connectivity index (χ2v) is 5.05. The Bertz CT molecular complexity index is 504. The van der Waals surface area contributed by atoms with Crippen molar-refractivity contribution in [3.05, 3.63) is 22.7 Å². The van der Waals surface area contributed by atoms with Crippen LogP contribution >= 0.6 is 15.9 Å². The fourth-order valence-corrected chi connectivity index (χ4v) is 2.36. The minimum absolute atomic E-state index is 0.116. The van der Waals surface area contributed by atoms with Crippen molar-refractivity contribution in [3.8, 4) is 0 Å². The van der Waals surface area contributed by atoms with Crippen LogP contribution in [0.15, 0.2) is 22.7 Å². The largest absolute Gasteiger partial charge is 0.469 e. The molecule has 1 unspecified atom stereocenters. The number of nitrogens with zero attached hydrogens (tertiary/aromatic N) is 1. The molecular formula is C12H13BrN2O3. The standard InChI is InChI=1S/C12H13BrN2O3/c1-18-12(17)7-4-11(16)15(6-7)10-5-8(13)2-3-9(10)14/h2-3,5,7H,4,6,14H2,1H3. The molecule has 1 saturated heterocycles. The first-order valence-corrected chi connectivity index (χ1v) is 6.25. The molecule has 1 atom stereocenters. The van der Waals surface area contributed by atoms with Crippen molar-refractivity contribution in [2.45, 2.75) is 6.42 Å². The van der Waals surface area contributed by atoms with Gasteiger partial charge < -0.3 is 15.4 Å². The van der Waals surface area contributed by atoms with E-state index in [1.54, 1.807) is 18.2 Å². The van der Waals surface area contributed by atoms with Gasteiger partial charge in [0, 0.05) is 17.4 Å². The molecule has 1 aliphatic rings. The van der Waals surface area contributed by atoms with Gasteiger partial charge in [0.1, 0.15) is 0 Å². The maximum atomic E-state index is 11.9. The number of hydrogen-bond acceptors (Lipinski definition) is 4. The number of carbonyl (C=O) groups excluding carboxylic acids is 2. The summed E-state index contributed by atoms with van der Waals surface area (Å²) in [6.07, 6.45) is 0.165. The Kier molecular flexibility index (Phi) is 3.56. The fourth-order valence-electron chi connectivity index (χ4n) is 2.02. The number of methoxy groups -OCH3 is 1. The Balaban J connectivity index is 2.27. The molecule has 0 saturated carbocycles. The second kappa shape index (κ2) is 4.97. The van der Waals surface area contributed by atoms with Crippen LogP contribution in [0.5, 0.6) is 0 Å². The summed E-state index contributed by atoms with van der Waals surface area (Å²) in [5.74, 6) is -0.893. The maximum absolute atomic E-state index is 11.9. The summed E-state index contributed by atoms with van der Waals surface area (Å²) < 4.78 is 5.50. The van der Waals surface area contributed by atoms with Gasteiger partial charge in [-0.25, -0.2) is 0 Å². The normalized spacial score (nSPS) is 19.1. The van der Waals surface area contributed by atoms with E-state index in [0.29, 0.717) is 17.9 Å². The van der Waals surface area contributed by atoms with Gasteiger partial charge >= 0.3 is 5.97 Å². The van der Waals surface area contributed by atoms with Crippen LogP contribution in [0.4, 0.5) is 11.4 Å². The number of rotatable bonds is 2. The quantitative estimate of drug-likeness (QED) is 0.664. The topological polar surface area (TPSA) is 72.6 Å². The first kappa shape index (κ1) is 12.9. The summed E-state index contributed by atoms with van der Waals surface area (Å²) in [7, 11) is 1.32. The zero-order chi connectivity index (χ0) is 13.3. The number of nitrogens with two attached hydrogens (primary N) is 1. The maximum Gasteiger partial charge on any atom is 0.311 e. The van der Waals surface area contributed by atoms with Crippen LogP contribution in [0, 0.1) is 5.92 Å². The third-order valence-corrected chi connectivity index (χ3v) is 3.44. The number of carbonyl (C=O) groups is 2. The lowest BCUT2D eigenvalue weighted by Gasteiger charge is -2.18. The number of benzene rings is 1. The molecule has 1 fully saturated rings. The van der Waals surface area contributed by atoms with E-state index in [1.165, 1.54) is 12.0 Å². The molecule has 1 aromatic rings. The molecule has 0 bridgehead atoms. The molecule has 1 aromatic carbocycles. The summed E-state index contributed by atoms with van der Waals surface area (Å²) in [6.45, 7) is 0.312. The molecule has 5 nitrogen and oxygen atoms in total. The molecule has 18 heavy (non-hydrogen) atoms. The fraction of sp³-hybridized carbons (Fsp3) is 0.333. The summed E-state index contributed by atoms with van der Waals surface area (Å²) in [6, 6.07) is 5.29. The Labute approximate surface area is 113 Å². The number of ether oxygens (including phenoxy) is 1. The van der Waals surface area contributed by atoms with E-state index in [2.05, 4.69) is 20.7 Å². The van der Waals surface area contributed by atoms with Crippen molar-refractivity contribution in [1.29, 1.82) is 0 Å². The van der Waals surface area contributed by atoms with Gasteiger partial charge in [-0.1, -0.05) is 15.9 Å². The third kappa shape index (κ3) is 2.33. The minimum atomic E-state index is -0.416. The Morgan fingerprint density at radius 3 is 2.94 bits per heavy atom. The van der Waals surface area contributed by atoms with Crippen molar-refractivity contribution < 1.29 is 14.3 Å². The zero-order valence-electron chi connectivity index (χ0n) is 9.85. The van der Waals surface area contributed by atoms with Crippen molar-refractivity contribution in [3.63, 3.8) is 0 Å². The van der Waals surface area contributed by atoms with Gasteiger partial charge in [-0.15, -0.1) is 0 Å². The van der Waals surface area contributed by atoms with E-state index in [-0.39, 0.29) is 18.3 Å². The average molecular weight is 313 g/mol. The van der Waals surface area contributed by atoms with E-state index >= 15 is 0 Å². The summed E-state index contributed by atoms with van der Waals surface area (Å²) in [5, 5.41) is 0. The zero-order valence-corrected chi connectivity index (χ0v) is 11.4. The Hall–Kier alpha value is -1.56. The minimum Gasteiger partial charge on any atom is -0.469 e. The van der Waals surface area contributed by atoms with Crippen LogP contribution in [-0.4, -0.2) is 25.5 Å². The number of hydrogen-bond donors (Lipinski definition) is 1. The number of halogens is 1. The third-order valence-electron chi connectivity index (χ3n) is 2.94. The Morgan fingerprint density at radius 2 is 2.28 bits per heavy atom. The van der Waals surface area contributed by atoms with Crippen molar-refractivity contribution in [2.75, 3.05) is 24.3 Å². The lowest BCUT2D eigenvalue weighted by atomic mass is 10.1. The molecule has 96 valence electrons. The number of anilines is 2. The van der Waals surface area contributed by atoms with Crippen LogP contribution in [-0.2, 0) is 14.3 Å². The summed E-state index contributed by atoms with van der Waals surface area (Å²) in [4.78, 5) is 24.9. The molecule has 0 aliphatic carbocycles. The SMILES string of the molecule is COC(=O)C1CC(=O)N(c2cc(Br)ccc2N)C1. The lowest BCUT2D eigenvalue weighted by Crippen LogP contribution is -2.27. The molecule has 0 spiro atoms. The van der Waals surface area contributed by atoms with E-state index in [1.807, 2.05) is 0 Å². The number of esters is 1. The van der Waals surface area contributed by atoms with Crippen molar-refractivity contribution >= 4 is 39.2 Å². The monoisotopic (exact) mass is 312 g/mol. The number of amides is 1. The summed E-state index contributed by atoms with van der Waals surface area (Å²) >= 11 is 3.34. The molecule has 2 N–H and O–H groups in total. The van der Waals surface area contributed by atoms with E-state index < -0.39 is 5.92 Å². The first-order chi connectivity index (χ1) is 8.52. The molecule has 1 amide bonds. The summed E-state index contributed by atoms with van der Waals surface area (Å²) in [5.41, 5.74) is 6.99. The Morgan fingerprint density at radius 1 is 1.56 bits per heavy atom. The van der Waals surface area contributed by atoms with Gasteiger partial charge in [0.2, 0.25) is 5.91 Å². The van der Waals surface area contributed by atoms with Gasteiger partial charge in [-0.05, 0) is 18.2 Å². The molecule has 1 heterocycles. The molecule has 6 heteroatoms. The molecule has 0 radical (unpaired) electrons. The van der Waals surface area contributed by atoms with Gasteiger partial charge in [0.05, 0.1) is 24.4 Å². The van der Waals surface area contributed by atoms with Gasteiger partial charge in [-0.3, -0.25) is 9.59 Å². The van der Waals surface area contributed by atoms with E-state index in [4.69, 9.17) is 5.73 Å². The lowest BCUT2D eigenvalue weighted by molar-refractivity contribution is -0.145. The molecule has 2 rings (SSSR count). The van der Waals surface area contributed by atoms with Gasteiger partial charge in [0.15, 0.2) is 0 Å². The van der Waals surface area contributed by atoms with Gasteiger partial charge in [0.25, 0.3) is 0 Å². The van der Waals surface area contributed by atoms with E-state index in [0.717, 1.165) is 4.47 Å². The smallest absolute Gasteiger partial charge is 0.311 e. The second-order valence-electron chi connectivity index (χ2n) is 4.13. The van der Waals surface area contributed by atoms with Crippen molar-refractivity contribution in [1.82, 2.24) is 0 Å². The van der Waals surface area contributed by atoms with Crippen LogP contribution in [0.25, 0.3) is 0 Å². The van der Waals surface area contributed by atoms with Crippen LogP contribution in [0.3, 0.4) is 0 Å². The molecule has 0 aromatic heterocycles. The highest BCUT2D eigenvalue weighted by Crippen LogP contribution is 2.32. The number of nitrogen functional groups attached to an aromatic ring is 1. The predicted octanol–water partition coefficient (Wildman–Crippen LogP) is 1.56. The highest BCUT2D eigenvalue weighted by molar-refractivity contribution is 9.10. The van der Waals surface area contributed by atoms with E-state index in [9.17, 15) is 9.59 Å². The van der Waals surface area contributed by atoms with Crippen LogP contribution in [0.2, 0.25) is 0 Å². The van der Waals surface area contributed by atoms with Crippen molar-refractivity contribution in [2.24, 2.45) is 5.92 Å². The highest BCUT2D eigenvalue weighted by Gasteiger charge is 2.36. The van der Waals surface area contributed by atoms with Crippen LogP contribution < -0.4 is 10.6 Å². The van der Waals surface area contributed by atoms with Crippen LogP contribution in [0.1, 0.15) is 6.42 Å². The van der Waals surface area contributed by atoms with Gasteiger partial charge in [-0.2, -0.15) is 0 Å².